The van der Waals surface area contributed by atoms with Gasteiger partial charge in [0.2, 0.25) is 0 Å². The van der Waals surface area contributed by atoms with E-state index in [0.29, 0.717) is 25.2 Å². The fraction of sp³-hybridized carbons (Fsp3) is 0.364. The SMILES string of the molecule is COc1ccc2[nH]c(=O)c(CN(Cc3ccco3)Cc3nnnn3C(C)(C)C)cc2c1. The van der Waals surface area contributed by atoms with Crippen LogP contribution in [-0.4, -0.2) is 37.2 Å². The Morgan fingerprint density at radius 2 is 2.00 bits per heavy atom. The van der Waals surface area contributed by atoms with Gasteiger partial charge in [0.05, 0.1) is 32.0 Å². The van der Waals surface area contributed by atoms with E-state index < -0.39 is 0 Å². The zero-order chi connectivity index (χ0) is 22.0. The Labute approximate surface area is 179 Å². The molecule has 0 spiro atoms. The maximum atomic E-state index is 12.8. The van der Waals surface area contributed by atoms with E-state index in [2.05, 4.69) is 25.4 Å². The average molecular weight is 422 g/mol. The van der Waals surface area contributed by atoms with Crippen molar-refractivity contribution < 1.29 is 9.15 Å². The molecule has 1 aromatic carbocycles. The number of rotatable bonds is 7. The number of tetrazole rings is 1. The maximum absolute atomic E-state index is 12.8. The van der Waals surface area contributed by atoms with Gasteiger partial charge < -0.3 is 14.1 Å². The zero-order valence-corrected chi connectivity index (χ0v) is 18.1. The highest BCUT2D eigenvalue weighted by Crippen LogP contribution is 2.21. The number of fused-ring (bicyclic) bond motifs is 1. The number of aromatic amines is 1. The lowest BCUT2D eigenvalue weighted by Gasteiger charge is -2.24. The van der Waals surface area contributed by atoms with E-state index in [1.54, 1.807) is 18.1 Å². The molecule has 9 heteroatoms. The molecule has 4 rings (SSSR count). The highest BCUT2D eigenvalue weighted by atomic mass is 16.5. The van der Waals surface area contributed by atoms with Gasteiger partial charge in [0.1, 0.15) is 11.5 Å². The Bertz CT molecular complexity index is 1220. The van der Waals surface area contributed by atoms with Gasteiger partial charge in [-0.3, -0.25) is 9.69 Å². The molecule has 0 fully saturated rings. The summed E-state index contributed by atoms with van der Waals surface area (Å²) in [5.74, 6) is 2.26. The van der Waals surface area contributed by atoms with E-state index in [1.165, 1.54) is 0 Å². The van der Waals surface area contributed by atoms with Crippen LogP contribution in [0.5, 0.6) is 5.75 Å². The molecule has 1 N–H and O–H groups in total. The predicted octanol–water partition coefficient (Wildman–Crippen LogP) is 3.07. The monoisotopic (exact) mass is 422 g/mol. The van der Waals surface area contributed by atoms with Gasteiger partial charge in [-0.1, -0.05) is 0 Å². The van der Waals surface area contributed by atoms with E-state index >= 15 is 0 Å². The van der Waals surface area contributed by atoms with Crippen LogP contribution < -0.4 is 10.3 Å². The third-order valence-electron chi connectivity index (χ3n) is 5.02. The second-order valence-corrected chi connectivity index (χ2v) is 8.48. The summed E-state index contributed by atoms with van der Waals surface area (Å²) in [6.07, 6.45) is 1.64. The second kappa shape index (κ2) is 8.35. The molecule has 0 atom stereocenters. The number of H-pyrrole nitrogens is 1. The predicted molar refractivity (Wildman–Crippen MR) is 116 cm³/mol. The van der Waals surface area contributed by atoms with Crippen LogP contribution in [0, 0.1) is 0 Å². The third kappa shape index (κ3) is 4.66. The molecule has 0 aliphatic carbocycles. The van der Waals surface area contributed by atoms with Crippen LogP contribution in [-0.2, 0) is 25.2 Å². The number of pyridine rings is 1. The minimum atomic E-state index is -0.258. The lowest BCUT2D eigenvalue weighted by Crippen LogP contribution is -2.31. The van der Waals surface area contributed by atoms with E-state index in [0.717, 1.165) is 28.2 Å². The lowest BCUT2D eigenvalue weighted by molar-refractivity contribution is 0.207. The van der Waals surface area contributed by atoms with Crippen molar-refractivity contribution >= 4 is 10.9 Å². The van der Waals surface area contributed by atoms with Crippen LogP contribution in [0.3, 0.4) is 0 Å². The largest absolute Gasteiger partial charge is 0.497 e. The van der Waals surface area contributed by atoms with Crippen molar-refractivity contribution in [2.45, 2.75) is 45.9 Å². The van der Waals surface area contributed by atoms with Crippen LogP contribution in [0.1, 0.15) is 37.9 Å². The summed E-state index contributed by atoms with van der Waals surface area (Å²) in [5.41, 5.74) is 1.02. The summed E-state index contributed by atoms with van der Waals surface area (Å²) >= 11 is 0. The summed E-state index contributed by atoms with van der Waals surface area (Å²) in [4.78, 5) is 17.8. The maximum Gasteiger partial charge on any atom is 0.252 e. The van der Waals surface area contributed by atoms with Crippen molar-refractivity contribution in [2.75, 3.05) is 7.11 Å². The Kier molecular flexibility index (Phi) is 5.60. The van der Waals surface area contributed by atoms with E-state index in [4.69, 9.17) is 9.15 Å². The molecule has 0 unspecified atom stereocenters. The topological polar surface area (TPSA) is 102 Å². The highest BCUT2D eigenvalue weighted by molar-refractivity contribution is 5.80. The second-order valence-electron chi connectivity index (χ2n) is 8.48. The first-order valence-electron chi connectivity index (χ1n) is 10.1. The molecule has 3 heterocycles. The molecule has 0 aliphatic heterocycles. The summed E-state index contributed by atoms with van der Waals surface area (Å²) < 4.78 is 12.7. The molecule has 0 bridgehead atoms. The van der Waals surface area contributed by atoms with Crippen LogP contribution in [0.2, 0.25) is 0 Å². The molecule has 9 nitrogen and oxygen atoms in total. The number of hydrogen-bond acceptors (Lipinski definition) is 7. The molecule has 0 saturated heterocycles. The Balaban J connectivity index is 1.67. The number of ether oxygens (including phenoxy) is 1. The fourth-order valence-electron chi connectivity index (χ4n) is 3.53. The molecular weight excluding hydrogens is 396 g/mol. The van der Waals surface area contributed by atoms with Gasteiger partial charge in [-0.15, -0.1) is 5.10 Å². The standard InChI is InChI=1S/C22H26N6O3/c1-22(2,3)28-20(24-25-26-28)14-27(13-18-6-5-9-31-18)12-16-10-15-11-17(30-4)7-8-19(15)23-21(16)29/h5-11H,12-14H2,1-4H3,(H,23,29). The third-order valence-corrected chi connectivity index (χ3v) is 5.02. The molecule has 31 heavy (non-hydrogen) atoms. The van der Waals surface area contributed by atoms with E-state index in [-0.39, 0.29) is 11.1 Å². The van der Waals surface area contributed by atoms with Gasteiger partial charge in [0.15, 0.2) is 5.82 Å². The van der Waals surface area contributed by atoms with Crippen molar-refractivity contribution in [2.24, 2.45) is 0 Å². The van der Waals surface area contributed by atoms with Crippen molar-refractivity contribution in [3.8, 4) is 5.75 Å². The number of aromatic nitrogens is 5. The lowest BCUT2D eigenvalue weighted by atomic mass is 10.1. The minimum Gasteiger partial charge on any atom is -0.497 e. The fourth-order valence-corrected chi connectivity index (χ4v) is 3.53. The number of nitrogens with one attached hydrogen (secondary N) is 1. The van der Waals surface area contributed by atoms with Crippen LogP contribution in [0.4, 0.5) is 0 Å². The first-order valence-corrected chi connectivity index (χ1v) is 10.1. The molecule has 4 aromatic rings. The number of nitrogens with zero attached hydrogens (tertiary/aromatic N) is 5. The van der Waals surface area contributed by atoms with Crippen LogP contribution in [0.25, 0.3) is 10.9 Å². The Morgan fingerprint density at radius 3 is 2.71 bits per heavy atom. The van der Waals surface area contributed by atoms with Crippen molar-refractivity contribution in [1.29, 1.82) is 0 Å². The molecular formula is C22H26N6O3. The van der Waals surface area contributed by atoms with Gasteiger partial charge in [-0.05, 0) is 67.6 Å². The number of furan rings is 1. The molecule has 0 aliphatic rings. The normalized spacial score (nSPS) is 12.0. The quantitative estimate of drug-likeness (QED) is 0.488. The van der Waals surface area contributed by atoms with Crippen molar-refractivity contribution in [3.63, 3.8) is 0 Å². The first kappa shape index (κ1) is 20.8. The summed E-state index contributed by atoms with van der Waals surface area (Å²) in [7, 11) is 1.62. The van der Waals surface area contributed by atoms with Gasteiger partial charge in [-0.25, -0.2) is 4.68 Å². The van der Waals surface area contributed by atoms with Crippen LogP contribution >= 0.6 is 0 Å². The van der Waals surface area contributed by atoms with Crippen molar-refractivity contribution in [1.82, 2.24) is 30.1 Å². The molecule has 0 radical (unpaired) electrons. The summed E-state index contributed by atoms with van der Waals surface area (Å²) in [6, 6.07) is 11.2. The highest BCUT2D eigenvalue weighted by Gasteiger charge is 2.22. The summed E-state index contributed by atoms with van der Waals surface area (Å²) in [6.45, 7) is 7.52. The average Bonchev–Trinajstić information content (AvgIpc) is 3.40. The molecule has 3 aromatic heterocycles. The van der Waals surface area contributed by atoms with Gasteiger partial charge in [0, 0.05) is 23.0 Å². The number of methoxy groups -OCH3 is 1. The van der Waals surface area contributed by atoms with E-state index in [9.17, 15) is 4.79 Å². The van der Waals surface area contributed by atoms with Crippen molar-refractivity contribution in [3.05, 3.63) is 70.2 Å². The first-order chi connectivity index (χ1) is 14.8. The smallest absolute Gasteiger partial charge is 0.252 e. The molecule has 0 amide bonds. The van der Waals surface area contributed by atoms with Gasteiger partial charge in [-0.2, -0.15) is 0 Å². The number of hydrogen-bond donors (Lipinski definition) is 1. The van der Waals surface area contributed by atoms with Gasteiger partial charge in [0.25, 0.3) is 5.56 Å². The van der Waals surface area contributed by atoms with Gasteiger partial charge >= 0.3 is 0 Å². The summed E-state index contributed by atoms with van der Waals surface area (Å²) in [5, 5.41) is 13.1. The Hall–Kier alpha value is -3.46. The number of benzene rings is 1. The Morgan fingerprint density at radius 1 is 1.16 bits per heavy atom. The molecule has 162 valence electrons. The zero-order valence-electron chi connectivity index (χ0n) is 18.1. The van der Waals surface area contributed by atoms with E-state index in [1.807, 2.05) is 57.2 Å². The van der Waals surface area contributed by atoms with Crippen LogP contribution in [0.15, 0.2) is 51.9 Å². The minimum absolute atomic E-state index is 0.127. The molecule has 0 saturated carbocycles.